The van der Waals surface area contributed by atoms with Crippen LogP contribution in [0.5, 0.6) is 0 Å². The van der Waals surface area contributed by atoms with Crippen LogP contribution in [-0.2, 0) is 21.4 Å². The highest BCUT2D eigenvalue weighted by atomic mass is 32.2. The molecule has 1 saturated carbocycles. The molecular weight excluding hydrogens is 298 g/mol. The minimum Gasteiger partial charge on any atom is -0.391 e. The second kappa shape index (κ2) is 6.53. The summed E-state index contributed by atoms with van der Waals surface area (Å²) in [6.45, 7) is 2.96. The maximum Gasteiger partial charge on any atom is 0.244 e. The fourth-order valence-electron chi connectivity index (χ4n) is 1.95. The van der Waals surface area contributed by atoms with Crippen molar-refractivity contribution in [3.8, 4) is 0 Å². The Kier molecular flexibility index (Phi) is 5.19. The summed E-state index contributed by atoms with van der Waals surface area (Å²) >= 11 is 1.27. The van der Waals surface area contributed by atoms with Crippen molar-refractivity contribution in [1.82, 2.24) is 4.31 Å². The fraction of sp³-hybridized carbons (Fsp3) is 0.692. The van der Waals surface area contributed by atoms with Crippen molar-refractivity contribution in [1.29, 1.82) is 0 Å². The molecule has 1 fully saturated rings. The van der Waals surface area contributed by atoms with Crippen LogP contribution in [0, 0.1) is 12.8 Å². The normalized spacial score (nSPS) is 16.0. The van der Waals surface area contributed by atoms with Crippen LogP contribution in [0.25, 0.3) is 0 Å². The topological polar surface area (TPSA) is 66.8 Å². The van der Waals surface area contributed by atoms with E-state index >= 15 is 0 Å². The quantitative estimate of drug-likeness (QED) is 0.739. The van der Waals surface area contributed by atoms with E-state index in [9.17, 15) is 13.5 Å². The highest BCUT2D eigenvalue weighted by molar-refractivity contribution is 7.89. The van der Waals surface area contributed by atoms with E-state index in [-0.39, 0.29) is 11.5 Å². The van der Waals surface area contributed by atoms with Crippen LogP contribution in [-0.4, -0.2) is 44.6 Å². The molecule has 1 aliphatic rings. The van der Waals surface area contributed by atoms with E-state index in [1.807, 2.05) is 0 Å². The largest absolute Gasteiger partial charge is 0.391 e. The van der Waals surface area contributed by atoms with Crippen molar-refractivity contribution in [2.45, 2.75) is 31.3 Å². The van der Waals surface area contributed by atoms with Gasteiger partial charge in [0.1, 0.15) is 4.90 Å². The molecule has 20 heavy (non-hydrogen) atoms. The third kappa shape index (κ3) is 3.59. The number of thiophene rings is 1. The Bertz CT molecular complexity index is 549. The van der Waals surface area contributed by atoms with E-state index in [4.69, 9.17) is 4.74 Å². The molecule has 0 aliphatic heterocycles. The Morgan fingerprint density at radius 1 is 1.50 bits per heavy atom. The molecule has 0 unspecified atom stereocenters. The van der Waals surface area contributed by atoms with Gasteiger partial charge in [0.15, 0.2) is 0 Å². The summed E-state index contributed by atoms with van der Waals surface area (Å²) in [7, 11) is -2.00. The first-order valence-electron chi connectivity index (χ1n) is 6.68. The van der Waals surface area contributed by atoms with Crippen molar-refractivity contribution in [2.24, 2.45) is 5.92 Å². The maximum atomic E-state index is 12.5. The summed E-state index contributed by atoms with van der Waals surface area (Å²) in [5.41, 5.74) is 0.685. The summed E-state index contributed by atoms with van der Waals surface area (Å²) in [5.74, 6) is 0.678. The van der Waals surface area contributed by atoms with Gasteiger partial charge >= 0.3 is 0 Å². The van der Waals surface area contributed by atoms with Crippen LogP contribution in [0.3, 0.4) is 0 Å². The lowest BCUT2D eigenvalue weighted by Gasteiger charge is -2.18. The van der Waals surface area contributed by atoms with E-state index in [1.54, 1.807) is 19.4 Å². The summed E-state index contributed by atoms with van der Waals surface area (Å²) < 4.78 is 31.8. The van der Waals surface area contributed by atoms with Crippen molar-refractivity contribution >= 4 is 21.4 Å². The summed E-state index contributed by atoms with van der Waals surface area (Å²) in [5, 5.41) is 11.0. The molecular formula is C13H21NO4S2. The van der Waals surface area contributed by atoms with Crippen molar-refractivity contribution in [3.05, 3.63) is 15.8 Å². The number of aliphatic hydroxyl groups excluding tert-OH is 1. The average molecular weight is 319 g/mol. The lowest BCUT2D eigenvalue weighted by Crippen LogP contribution is -2.31. The number of hydrogen-bond donors (Lipinski definition) is 1. The van der Waals surface area contributed by atoms with E-state index in [0.717, 1.165) is 6.61 Å². The molecule has 1 N–H and O–H groups in total. The van der Waals surface area contributed by atoms with Gasteiger partial charge in [-0.25, -0.2) is 8.42 Å². The number of aryl methyl sites for hydroxylation is 1. The summed E-state index contributed by atoms with van der Waals surface area (Å²) in [6, 6.07) is 0. The second-order valence-corrected chi connectivity index (χ2v) is 8.12. The van der Waals surface area contributed by atoms with Crippen molar-refractivity contribution in [2.75, 3.05) is 26.8 Å². The molecule has 0 spiro atoms. The van der Waals surface area contributed by atoms with Gasteiger partial charge in [-0.05, 0) is 36.6 Å². The van der Waals surface area contributed by atoms with Crippen LogP contribution in [0.15, 0.2) is 10.3 Å². The first-order valence-corrected chi connectivity index (χ1v) is 9.00. The fourth-order valence-corrected chi connectivity index (χ4v) is 4.71. The predicted octanol–water partition coefficient (Wildman–Crippen LogP) is 1.60. The highest BCUT2D eigenvalue weighted by Gasteiger charge is 2.27. The zero-order valence-electron chi connectivity index (χ0n) is 11.8. The lowest BCUT2D eigenvalue weighted by molar-refractivity contribution is 0.117. The van der Waals surface area contributed by atoms with Crippen LogP contribution in [0.2, 0.25) is 0 Å². The van der Waals surface area contributed by atoms with Gasteiger partial charge in [0.2, 0.25) is 10.0 Å². The van der Waals surface area contributed by atoms with Gasteiger partial charge < -0.3 is 9.84 Å². The van der Waals surface area contributed by atoms with Gasteiger partial charge in [0, 0.05) is 20.2 Å². The number of ether oxygens (including phenoxy) is 1. The molecule has 0 radical (unpaired) electrons. The lowest BCUT2D eigenvalue weighted by atomic mass is 10.3. The average Bonchev–Trinajstić information content (AvgIpc) is 3.15. The summed E-state index contributed by atoms with van der Waals surface area (Å²) in [6.07, 6.45) is 2.45. The Labute approximate surface area is 124 Å². The third-order valence-electron chi connectivity index (χ3n) is 3.40. The molecule has 1 aliphatic carbocycles. The van der Waals surface area contributed by atoms with E-state index < -0.39 is 10.0 Å². The van der Waals surface area contributed by atoms with Gasteiger partial charge in [-0.1, -0.05) is 0 Å². The zero-order valence-corrected chi connectivity index (χ0v) is 13.5. The monoisotopic (exact) mass is 319 g/mol. The minimum absolute atomic E-state index is 0.245. The van der Waals surface area contributed by atoms with Gasteiger partial charge in [-0.15, -0.1) is 11.3 Å². The smallest absolute Gasteiger partial charge is 0.244 e. The van der Waals surface area contributed by atoms with Crippen molar-refractivity contribution < 1.29 is 18.3 Å². The third-order valence-corrected chi connectivity index (χ3v) is 6.71. The molecule has 2 rings (SSSR count). The number of aliphatic hydroxyl groups is 1. The molecule has 114 valence electrons. The second-order valence-electron chi connectivity index (χ2n) is 5.17. The van der Waals surface area contributed by atoms with E-state index in [1.165, 1.54) is 28.5 Å². The molecule has 1 aromatic rings. The molecule has 0 amide bonds. The molecule has 0 saturated heterocycles. The predicted molar refractivity (Wildman–Crippen MR) is 78.3 cm³/mol. The SMILES string of the molecule is Cc1csc(CO)c1S(=O)(=O)N(C)CCOCC1CC1. The first kappa shape index (κ1) is 15.9. The van der Waals surface area contributed by atoms with Crippen LogP contribution in [0.4, 0.5) is 0 Å². The van der Waals surface area contributed by atoms with Gasteiger partial charge in [0.05, 0.1) is 18.1 Å². The number of rotatable bonds is 8. The number of likely N-dealkylation sites (N-methyl/N-ethyl adjacent to an activating group) is 1. The molecule has 7 heteroatoms. The van der Waals surface area contributed by atoms with E-state index in [0.29, 0.717) is 29.5 Å². The molecule has 1 aromatic heterocycles. The maximum absolute atomic E-state index is 12.5. The highest BCUT2D eigenvalue weighted by Crippen LogP contribution is 2.30. The first-order chi connectivity index (χ1) is 9.46. The van der Waals surface area contributed by atoms with Crippen molar-refractivity contribution in [3.63, 3.8) is 0 Å². The Hall–Kier alpha value is -0.470. The Morgan fingerprint density at radius 3 is 2.80 bits per heavy atom. The van der Waals surface area contributed by atoms with Gasteiger partial charge in [-0.2, -0.15) is 4.31 Å². The number of hydrogen-bond acceptors (Lipinski definition) is 5. The summed E-state index contributed by atoms with van der Waals surface area (Å²) in [4.78, 5) is 0.739. The molecule has 0 atom stereocenters. The molecule has 1 heterocycles. The van der Waals surface area contributed by atoms with Crippen LogP contribution in [0.1, 0.15) is 23.3 Å². The number of nitrogens with zero attached hydrogens (tertiary/aromatic N) is 1. The minimum atomic E-state index is -3.55. The standard InChI is InChI=1S/C13H21NO4S2/c1-10-9-19-12(7-15)13(10)20(16,17)14(2)5-6-18-8-11-3-4-11/h9,11,15H,3-8H2,1-2H3. The van der Waals surface area contributed by atoms with Gasteiger partial charge in [0.25, 0.3) is 0 Å². The zero-order chi connectivity index (χ0) is 14.8. The van der Waals surface area contributed by atoms with Crippen LogP contribution < -0.4 is 0 Å². The molecule has 0 bridgehead atoms. The Balaban J connectivity index is 1.98. The molecule has 0 aromatic carbocycles. The number of sulfonamides is 1. The van der Waals surface area contributed by atoms with E-state index in [2.05, 4.69) is 0 Å². The Morgan fingerprint density at radius 2 is 2.20 bits per heavy atom. The van der Waals surface area contributed by atoms with Gasteiger partial charge in [-0.3, -0.25) is 0 Å². The van der Waals surface area contributed by atoms with Crippen LogP contribution >= 0.6 is 11.3 Å². The molecule has 5 nitrogen and oxygen atoms in total.